The molecule has 0 bridgehead atoms. The van der Waals surface area contributed by atoms with Crippen molar-refractivity contribution in [2.45, 2.75) is 51.0 Å². The molecular weight excluding hydrogens is 333 g/mol. The lowest BCUT2D eigenvalue weighted by Gasteiger charge is -2.28. The van der Waals surface area contributed by atoms with Crippen molar-refractivity contribution in [2.75, 3.05) is 0 Å². The molecule has 0 spiro atoms. The van der Waals surface area contributed by atoms with Crippen molar-refractivity contribution >= 4 is 37.2 Å². The summed E-state index contributed by atoms with van der Waals surface area (Å²) in [7, 11) is 1.42. The van der Waals surface area contributed by atoms with Gasteiger partial charge in [0.25, 0.3) is 15.0 Å². The molecule has 1 aromatic rings. The van der Waals surface area contributed by atoms with Crippen molar-refractivity contribution in [1.82, 2.24) is 5.32 Å². The maximum absolute atomic E-state index is 12.4. The summed E-state index contributed by atoms with van der Waals surface area (Å²) in [4.78, 5) is 12.3. The van der Waals surface area contributed by atoms with Crippen LogP contribution in [0.2, 0.25) is 5.02 Å². The second kappa shape index (κ2) is 6.55. The monoisotopic (exact) mass is 351 g/mol. The minimum atomic E-state index is -3.96. The Hall–Kier alpha value is -0.780. The summed E-state index contributed by atoms with van der Waals surface area (Å²) in [6.07, 6.45) is 1.52. The Balaban J connectivity index is 3.32. The Morgan fingerprint density at radius 2 is 1.81 bits per heavy atom. The average Bonchev–Trinajstić information content (AvgIpc) is 2.39. The lowest BCUT2D eigenvalue weighted by Crippen LogP contribution is -2.45. The van der Waals surface area contributed by atoms with Crippen LogP contribution in [0.3, 0.4) is 0 Å². The number of carbonyl (C=O) groups is 1. The number of halogens is 2. The smallest absolute Gasteiger partial charge is 0.261 e. The summed E-state index contributed by atoms with van der Waals surface area (Å²) < 4.78 is 23.1. The maximum atomic E-state index is 12.4. The summed E-state index contributed by atoms with van der Waals surface area (Å²) in [6.45, 7) is 7.42. The van der Waals surface area contributed by atoms with Gasteiger partial charge in [-0.25, -0.2) is 8.42 Å². The van der Waals surface area contributed by atoms with Crippen molar-refractivity contribution in [3.8, 4) is 0 Å². The van der Waals surface area contributed by atoms with E-state index in [1.807, 2.05) is 20.8 Å². The number of rotatable bonds is 5. The van der Waals surface area contributed by atoms with Crippen molar-refractivity contribution in [1.29, 1.82) is 0 Å². The Bertz CT molecular complexity index is 652. The first-order chi connectivity index (χ1) is 9.54. The molecule has 0 radical (unpaired) electrons. The Morgan fingerprint density at radius 3 is 2.24 bits per heavy atom. The molecule has 0 aliphatic carbocycles. The molecule has 0 saturated heterocycles. The highest BCUT2D eigenvalue weighted by Gasteiger charge is 2.26. The van der Waals surface area contributed by atoms with Crippen molar-refractivity contribution in [2.24, 2.45) is 0 Å². The van der Waals surface area contributed by atoms with E-state index in [-0.39, 0.29) is 26.9 Å². The van der Waals surface area contributed by atoms with Crippen molar-refractivity contribution in [3.63, 3.8) is 0 Å². The van der Waals surface area contributed by atoms with Crippen LogP contribution >= 0.6 is 22.3 Å². The van der Waals surface area contributed by atoms with Gasteiger partial charge < -0.3 is 5.32 Å². The third kappa shape index (κ3) is 4.34. The predicted molar refractivity (Wildman–Crippen MR) is 85.7 cm³/mol. The van der Waals surface area contributed by atoms with Crippen LogP contribution in [0.25, 0.3) is 0 Å². The molecule has 1 rings (SSSR count). The third-order valence-corrected chi connectivity index (χ3v) is 5.47. The van der Waals surface area contributed by atoms with Gasteiger partial charge in [0.15, 0.2) is 0 Å². The van der Waals surface area contributed by atoms with Gasteiger partial charge in [-0.3, -0.25) is 4.79 Å². The lowest BCUT2D eigenvalue weighted by molar-refractivity contribution is 0.0900. The molecule has 0 heterocycles. The SMILES string of the molecule is CCC(C)(CC)NC(=O)c1cc(Cl)cc(S(=O)(=O)Cl)c1C. The maximum Gasteiger partial charge on any atom is 0.261 e. The minimum absolute atomic E-state index is 0.142. The second-order valence-electron chi connectivity index (χ2n) is 5.24. The first kappa shape index (κ1) is 18.3. The van der Waals surface area contributed by atoms with Gasteiger partial charge >= 0.3 is 0 Å². The topological polar surface area (TPSA) is 63.2 Å². The van der Waals surface area contributed by atoms with Gasteiger partial charge in [-0.15, -0.1) is 0 Å². The molecule has 1 N–H and O–H groups in total. The molecule has 0 atom stereocenters. The molecule has 0 fully saturated rings. The van der Waals surface area contributed by atoms with E-state index < -0.39 is 9.05 Å². The fourth-order valence-electron chi connectivity index (χ4n) is 1.91. The van der Waals surface area contributed by atoms with E-state index in [2.05, 4.69) is 5.32 Å². The zero-order valence-corrected chi connectivity index (χ0v) is 14.8. The molecule has 0 aliphatic heterocycles. The lowest BCUT2D eigenvalue weighted by atomic mass is 9.94. The number of carbonyl (C=O) groups excluding carboxylic acids is 1. The Labute approximate surface area is 135 Å². The molecule has 0 aliphatic rings. The second-order valence-corrected chi connectivity index (χ2v) is 8.21. The Kier molecular flexibility index (Phi) is 5.69. The van der Waals surface area contributed by atoms with Crippen LogP contribution in [0.15, 0.2) is 17.0 Å². The van der Waals surface area contributed by atoms with E-state index in [0.29, 0.717) is 5.56 Å². The predicted octanol–water partition coefficient (Wildman–Crippen LogP) is 3.88. The van der Waals surface area contributed by atoms with Crippen LogP contribution in [0, 0.1) is 6.92 Å². The van der Waals surface area contributed by atoms with Crippen LogP contribution in [0.1, 0.15) is 49.5 Å². The largest absolute Gasteiger partial charge is 0.347 e. The summed E-state index contributed by atoms with van der Waals surface area (Å²) in [5.74, 6) is -0.359. The minimum Gasteiger partial charge on any atom is -0.347 e. The molecular formula is C14H19Cl2NO3S. The molecule has 1 aromatic carbocycles. The number of amides is 1. The standard InChI is InChI=1S/C14H19Cl2NO3S/c1-5-14(4,6-2)17-13(18)11-7-10(15)8-12(9(11)3)21(16,19)20/h7-8H,5-6H2,1-4H3,(H,17,18). The highest BCUT2D eigenvalue weighted by Crippen LogP contribution is 2.27. The van der Waals surface area contributed by atoms with Crippen molar-refractivity contribution in [3.05, 3.63) is 28.3 Å². The van der Waals surface area contributed by atoms with Crippen molar-refractivity contribution < 1.29 is 13.2 Å². The fourth-order valence-corrected chi connectivity index (χ4v) is 3.42. The zero-order valence-electron chi connectivity index (χ0n) is 12.5. The van der Waals surface area contributed by atoms with E-state index in [1.165, 1.54) is 19.1 Å². The number of benzene rings is 1. The van der Waals surface area contributed by atoms with Gasteiger partial charge in [-0.05, 0) is 44.4 Å². The molecule has 0 saturated carbocycles. The van der Waals surface area contributed by atoms with Gasteiger partial charge in [0.1, 0.15) is 0 Å². The summed E-state index contributed by atoms with van der Waals surface area (Å²) in [5, 5.41) is 3.07. The normalized spacial score (nSPS) is 12.3. The van der Waals surface area contributed by atoms with E-state index in [1.54, 1.807) is 0 Å². The zero-order chi connectivity index (χ0) is 16.4. The summed E-state index contributed by atoms with van der Waals surface area (Å²) in [5.41, 5.74) is 0.155. The number of nitrogens with one attached hydrogen (secondary N) is 1. The quantitative estimate of drug-likeness (QED) is 0.818. The number of hydrogen-bond donors (Lipinski definition) is 1. The van der Waals surface area contributed by atoms with E-state index in [4.69, 9.17) is 22.3 Å². The van der Waals surface area contributed by atoms with Crippen LogP contribution in [0.4, 0.5) is 0 Å². The first-order valence-corrected chi connectivity index (χ1v) is 9.30. The highest BCUT2D eigenvalue weighted by molar-refractivity contribution is 8.13. The first-order valence-electron chi connectivity index (χ1n) is 6.61. The van der Waals surface area contributed by atoms with Gasteiger partial charge in [-0.2, -0.15) is 0 Å². The molecule has 7 heteroatoms. The molecule has 0 unspecified atom stereocenters. The molecule has 4 nitrogen and oxygen atoms in total. The molecule has 118 valence electrons. The van der Waals surface area contributed by atoms with E-state index in [9.17, 15) is 13.2 Å². The molecule has 0 aromatic heterocycles. The summed E-state index contributed by atoms with van der Waals surface area (Å²) >= 11 is 5.91. The van der Waals surface area contributed by atoms with Gasteiger partial charge in [0, 0.05) is 26.8 Å². The van der Waals surface area contributed by atoms with E-state index >= 15 is 0 Å². The van der Waals surface area contributed by atoms with Crippen LogP contribution in [0.5, 0.6) is 0 Å². The Morgan fingerprint density at radius 1 is 1.29 bits per heavy atom. The molecule has 21 heavy (non-hydrogen) atoms. The van der Waals surface area contributed by atoms with Crippen LogP contribution < -0.4 is 5.32 Å². The third-order valence-electron chi connectivity index (χ3n) is 3.81. The molecule has 1 amide bonds. The fraction of sp³-hybridized carbons (Fsp3) is 0.500. The summed E-state index contributed by atoms with van der Waals surface area (Å²) in [6, 6.07) is 2.69. The van der Waals surface area contributed by atoms with Gasteiger partial charge in [-0.1, -0.05) is 25.4 Å². The average molecular weight is 352 g/mol. The number of hydrogen-bond acceptors (Lipinski definition) is 3. The van der Waals surface area contributed by atoms with Gasteiger partial charge in [0.2, 0.25) is 0 Å². The van der Waals surface area contributed by atoms with Crippen LogP contribution in [-0.2, 0) is 9.05 Å². The van der Waals surface area contributed by atoms with Crippen LogP contribution in [-0.4, -0.2) is 19.9 Å². The highest BCUT2D eigenvalue weighted by atomic mass is 35.7. The van der Waals surface area contributed by atoms with E-state index in [0.717, 1.165) is 12.8 Å². The van der Waals surface area contributed by atoms with Gasteiger partial charge in [0.05, 0.1) is 4.90 Å².